The minimum Gasteiger partial charge on any atom is -0.449 e. The zero-order chi connectivity index (χ0) is 17.3. The van der Waals surface area contributed by atoms with Crippen molar-refractivity contribution in [3.8, 4) is 0 Å². The first kappa shape index (κ1) is 16.9. The number of nitrogens with zero attached hydrogens (tertiary/aromatic N) is 2. The van der Waals surface area contributed by atoms with Crippen molar-refractivity contribution in [2.75, 3.05) is 13.1 Å². The number of rotatable bonds is 3. The van der Waals surface area contributed by atoms with Crippen LogP contribution in [0.5, 0.6) is 0 Å². The summed E-state index contributed by atoms with van der Waals surface area (Å²) in [6, 6.07) is 5.19. The molecular weight excluding hydrogens is 328 g/mol. The van der Waals surface area contributed by atoms with Crippen LogP contribution in [0.4, 0.5) is 0 Å². The summed E-state index contributed by atoms with van der Waals surface area (Å²) < 4.78 is 11.9. The summed E-state index contributed by atoms with van der Waals surface area (Å²) >= 11 is 1.46. The van der Waals surface area contributed by atoms with Crippen molar-refractivity contribution in [1.29, 1.82) is 0 Å². The van der Waals surface area contributed by atoms with E-state index >= 15 is 0 Å². The molecule has 3 rings (SSSR count). The van der Waals surface area contributed by atoms with Gasteiger partial charge >= 0.3 is 5.97 Å². The third kappa shape index (κ3) is 3.57. The quantitative estimate of drug-likeness (QED) is 0.797. The average molecular weight is 348 g/mol. The van der Waals surface area contributed by atoms with E-state index in [-0.39, 0.29) is 18.1 Å². The fourth-order valence-electron chi connectivity index (χ4n) is 2.88. The van der Waals surface area contributed by atoms with Gasteiger partial charge in [0.1, 0.15) is 0 Å². The molecule has 3 atom stereocenters. The van der Waals surface area contributed by atoms with Gasteiger partial charge in [0, 0.05) is 13.1 Å². The van der Waals surface area contributed by atoms with Crippen LogP contribution in [0, 0.1) is 0 Å². The van der Waals surface area contributed by atoms with Gasteiger partial charge in [-0.3, -0.25) is 4.79 Å². The van der Waals surface area contributed by atoms with E-state index in [1.165, 1.54) is 11.3 Å². The summed E-state index contributed by atoms with van der Waals surface area (Å²) in [6.45, 7) is 6.49. The van der Waals surface area contributed by atoms with Crippen LogP contribution < -0.4 is 0 Å². The van der Waals surface area contributed by atoms with Crippen LogP contribution in [0.1, 0.15) is 31.1 Å². The molecule has 24 heavy (non-hydrogen) atoms. The molecule has 1 aromatic carbocycles. The van der Waals surface area contributed by atoms with Crippen LogP contribution in [0.15, 0.2) is 23.7 Å². The van der Waals surface area contributed by atoms with Gasteiger partial charge in [0.25, 0.3) is 5.91 Å². The molecule has 0 N–H and O–H groups in total. The smallest absolute Gasteiger partial charge is 0.338 e. The Morgan fingerprint density at radius 2 is 2.04 bits per heavy atom. The van der Waals surface area contributed by atoms with Gasteiger partial charge in [-0.05, 0) is 39.0 Å². The number of ether oxygens (including phenoxy) is 2. The first-order valence-electron chi connectivity index (χ1n) is 7.92. The fraction of sp³-hybridized carbons (Fsp3) is 0.471. The van der Waals surface area contributed by atoms with Gasteiger partial charge in [0.15, 0.2) is 6.10 Å². The summed E-state index contributed by atoms with van der Waals surface area (Å²) in [7, 11) is 0. The second-order valence-electron chi connectivity index (χ2n) is 6.08. The largest absolute Gasteiger partial charge is 0.449 e. The molecule has 7 heteroatoms. The highest BCUT2D eigenvalue weighted by molar-refractivity contribution is 7.16. The Kier molecular flexibility index (Phi) is 4.82. The lowest BCUT2D eigenvalue weighted by Crippen LogP contribution is -2.51. The lowest BCUT2D eigenvalue weighted by atomic mass is 10.2. The van der Waals surface area contributed by atoms with E-state index in [9.17, 15) is 9.59 Å². The van der Waals surface area contributed by atoms with Crippen LogP contribution >= 0.6 is 11.3 Å². The molecule has 0 unspecified atom stereocenters. The molecule has 0 bridgehead atoms. The number of hydrogen-bond acceptors (Lipinski definition) is 6. The van der Waals surface area contributed by atoms with Crippen LogP contribution in [-0.2, 0) is 14.3 Å². The highest BCUT2D eigenvalue weighted by atomic mass is 32.1. The van der Waals surface area contributed by atoms with Gasteiger partial charge in [0.2, 0.25) is 0 Å². The number of fused-ring (bicyclic) bond motifs is 1. The zero-order valence-corrected chi connectivity index (χ0v) is 14.7. The van der Waals surface area contributed by atoms with E-state index in [4.69, 9.17) is 9.47 Å². The second-order valence-corrected chi connectivity index (χ2v) is 6.97. The number of thiazole rings is 1. The predicted molar refractivity (Wildman–Crippen MR) is 91.1 cm³/mol. The molecular formula is C17H20N2O4S. The number of carbonyl (C=O) groups is 2. The molecule has 1 amide bonds. The van der Waals surface area contributed by atoms with Crippen LogP contribution in [0.3, 0.4) is 0 Å². The third-order valence-electron chi connectivity index (χ3n) is 3.93. The van der Waals surface area contributed by atoms with E-state index in [2.05, 4.69) is 4.98 Å². The van der Waals surface area contributed by atoms with E-state index in [0.717, 1.165) is 10.2 Å². The Hall–Kier alpha value is -1.99. The number of hydrogen-bond donors (Lipinski definition) is 0. The van der Waals surface area contributed by atoms with Crippen molar-refractivity contribution in [3.05, 3.63) is 29.3 Å². The molecule has 1 aliphatic heterocycles. The average Bonchev–Trinajstić information content (AvgIpc) is 3.00. The topological polar surface area (TPSA) is 68.7 Å². The van der Waals surface area contributed by atoms with Crippen molar-refractivity contribution in [2.24, 2.45) is 0 Å². The number of benzene rings is 1. The van der Waals surface area contributed by atoms with Crippen molar-refractivity contribution >= 4 is 33.4 Å². The molecule has 0 spiro atoms. The molecule has 1 aliphatic rings. The molecule has 0 saturated carbocycles. The van der Waals surface area contributed by atoms with Crippen molar-refractivity contribution < 1.29 is 19.1 Å². The Morgan fingerprint density at radius 1 is 1.33 bits per heavy atom. The maximum atomic E-state index is 12.5. The number of carbonyl (C=O) groups excluding carboxylic acids is 2. The monoisotopic (exact) mass is 348 g/mol. The molecule has 0 aliphatic carbocycles. The molecule has 1 fully saturated rings. The molecule has 2 aromatic rings. The van der Waals surface area contributed by atoms with Gasteiger partial charge < -0.3 is 14.4 Å². The SMILES string of the molecule is C[C@@H]1CN(C(=O)[C@@H](C)OC(=O)c2ccc3ncsc3c2)C[C@@H](C)O1. The molecule has 6 nitrogen and oxygen atoms in total. The Bertz CT molecular complexity index is 750. The zero-order valence-electron chi connectivity index (χ0n) is 13.9. The molecule has 2 heterocycles. The Labute approximate surface area is 144 Å². The van der Waals surface area contributed by atoms with Crippen molar-refractivity contribution in [1.82, 2.24) is 9.88 Å². The summed E-state index contributed by atoms with van der Waals surface area (Å²) in [5, 5.41) is 0. The maximum absolute atomic E-state index is 12.5. The number of morpholine rings is 1. The second kappa shape index (κ2) is 6.86. The van der Waals surface area contributed by atoms with Crippen LogP contribution in [0.2, 0.25) is 0 Å². The van der Waals surface area contributed by atoms with E-state index < -0.39 is 12.1 Å². The summed E-state index contributed by atoms with van der Waals surface area (Å²) in [6.07, 6.45) is -0.865. The summed E-state index contributed by atoms with van der Waals surface area (Å²) in [4.78, 5) is 30.7. The standard InChI is InChI=1S/C17H20N2O4S/c1-10-7-19(8-11(2)22-10)16(20)12(3)23-17(21)13-4-5-14-15(6-13)24-9-18-14/h4-6,9-12H,7-8H2,1-3H3/t10-,11-,12-/m1/s1. The number of esters is 1. The fourth-order valence-corrected chi connectivity index (χ4v) is 3.59. The highest BCUT2D eigenvalue weighted by Crippen LogP contribution is 2.20. The lowest BCUT2D eigenvalue weighted by molar-refractivity contribution is -0.151. The van der Waals surface area contributed by atoms with E-state index in [0.29, 0.717) is 18.7 Å². The minimum absolute atomic E-state index is 0.0191. The van der Waals surface area contributed by atoms with Gasteiger partial charge in [-0.1, -0.05) is 0 Å². The molecule has 0 radical (unpaired) electrons. The van der Waals surface area contributed by atoms with E-state index in [1.54, 1.807) is 35.5 Å². The van der Waals surface area contributed by atoms with Gasteiger partial charge in [-0.25, -0.2) is 9.78 Å². The van der Waals surface area contributed by atoms with Crippen LogP contribution in [0.25, 0.3) is 10.2 Å². The highest BCUT2D eigenvalue weighted by Gasteiger charge is 2.30. The van der Waals surface area contributed by atoms with Crippen molar-refractivity contribution in [2.45, 2.75) is 39.1 Å². The molecule has 1 aromatic heterocycles. The maximum Gasteiger partial charge on any atom is 0.338 e. The first-order valence-corrected chi connectivity index (χ1v) is 8.80. The van der Waals surface area contributed by atoms with E-state index in [1.807, 2.05) is 13.8 Å². The molecule has 1 saturated heterocycles. The number of amides is 1. The van der Waals surface area contributed by atoms with Gasteiger partial charge in [0.05, 0.1) is 33.5 Å². The molecule has 128 valence electrons. The van der Waals surface area contributed by atoms with Crippen molar-refractivity contribution in [3.63, 3.8) is 0 Å². The Balaban J connectivity index is 1.65. The normalized spacial score (nSPS) is 22.4. The van der Waals surface area contributed by atoms with Gasteiger partial charge in [-0.15, -0.1) is 11.3 Å². The summed E-state index contributed by atoms with van der Waals surface area (Å²) in [5.41, 5.74) is 3.00. The van der Waals surface area contributed by atoms with Gasteiger partial charge in [-0.2, -0.15) is 0 Å². The Morgan fingerprint density at radius 3 is 2.75 bits per heavy atom. The van der Waals surface area contributed by atoms with Crippen LogP contribution in [-0.4, -0.2) is 53.2 Å². The first-order chi connectivity index (χ1) is 11.4. The third-order valence-corrected chi connectivity index (χ3v) is 4.72. The predicted octanol–water partition coefficient (Wildman–Crippen LogP) is 2.48. The lowest BCUT2D eigenvalue weighted by Gasteiger charge is -2.36. The minimum atomic E-state index is -0.827. The number of aromatic nitrogens is 1. The summed E-state index contributed by atoms with van der Waals surface area (Å²) in [5.74, 6) is -0.690.